The van der Waals surface area contributed by atoms with Gasteiger partial charge in [0.2, 0.25) is 0 Å². The molecular formula is C35H29NO3S3. The number of ether oxygens (including phenoxy) is 1. The van der Waals surface area contributed by atoms with Crippen molar-refractivity contribution in [2.24, 2.45) is 0 Å². The maximum Gasteiger partial charge on any atom is 0.346 e. The van der Waals surface area contributed by atoms with E-state index in [1.807, 2.05) is 118 Å². The molecule has 0 aromatic heterocycles. The molecule has 6 rings (SSSR count). The molecule has 1 amide bonds. The summed E-state index contributed by atoms with van der Waals surface area (Å²) < 4.78 is 6.37. The summed E-state index contributed by atoms with van der Waals surface area (Å²) >= 11 is 9.20. The Morgan fingerprint density at radius 2 is 1.62 bits per heavy atom. The number of thioether (sulfide) groups is 2. The number of esters is 1. The van der Waals surface area contributed by atoms with Crippen LogP contribution >= 0.6 is 35.7 Å². The molecular weight excluding hydrogens is 579 g/mol. The molecule has 0 unspecified atom stereocenters. The molecule has 0 aliphatic carbocycles. The highest BCUT2D eigenvalue weighted by Gasteiger charge is 2.46. The number of nitrogens with zero attached hydrogens (tertiary/aromatic N) is 1. The van der Waals surface area contributed by atoms with Gasteiger partial charge in [-0.25, -0.2) is 4.79 Å². The molecule has 0 saturated heterocycles. The standard InChI is InChI=1S/C35H29NO3S3/c1-5-39-33(38)30-29(23-13-7-6-8-14-23)41-34(42-30)28-26-19-18-21(2)20-27(26)36(35(3,4)31(28)40)32(37)25-17-11-15-22-12-9-10-16-24(22)25/h6-20H,5H2,1-4H3/b34-28-. The molecule has 42 heavy (non-hydrogen) atoms. The van der Waals surface area contributed by atoms with E-state index in [4.69, 9.17) is 17.0 Å². The lowest BCUT2D eigenvalue weighted by molar-refractivity contribution is -0.137. The lowest BCUT2D eigenvalue weighted by Gasteiger charge is -2.45. The first-order valence-corrected chi connectivity index (χ1v) is 15.8. The molecule has 4 aromatic rings. The van der Waals surface area contributed by atoms with E-state index in [0.29, 0.717) is 21.9 Å². The number of rotatable bonds is 4. The van der Waals surface area contributed by atoms with E-state index in [2.05, 4.69) is 6.07 Å². The van der Waals surface area contributed by atoms with Crippen molar-refractivity contribution < 1.29 is 14.3 Å². The van der Waals surface area contributed by atoms with Crippen LogP contribution in [0.15, 0.2) is 100 Å². The third-order valence-electron chi connectivity index (χ3n) is 7.53. The van der Waals surface area contributed by atoms with Gasteiger partial charge in [-0.2, -0.15) is 0 Å². The van der Waals surface area contributed by atoms with E-state index >= 15 is 0 Å². The first-order chi connectivity index (χ1) is 20.2. The Labute approximate surface area is 259 Å². The predicted molar refractivity (Wildman–Crippen MR) is 181 cm³/mol. The summed E-state index contributed by atoms with van der Waals surface area (Å²) in [4.78, 5) is 31.5. The summed E-state index contributed by atoms with van der Waals surface area (Å²) in [5.74, 6) is -0.445. The van der Waals surface area contributed by atoms with Crippen LogP contribution in [0.25, 0.3) is 21.3 Å². The molecule has 210 valence electrons. The maximum absolute atomic E-state index is 14.5. The van der Waals surface area contributed by atoms with E-state index in [1.165, 1.54) is 11.8 Å². The van der Waals surface area contributed by atoms with Gasteiger partial charge in [-0.15, -0.1) is 0 Å². The second-order valence-corrected chi connectivity index (χ2v) is 13.4. The Morgan fingerprint density at radius 3 is 2.38 bits per heavy atom. The lowest BCUT2D eigenvalue weighted by atomic mass is 9.82. The van der Waals surface area contributed by atoms with Crippen LogP contribution < -0.4 is 4.90 Å². The molecule has 4 aromatic carbocycles. The summed E-state index contributed by atoms with van der Waals surface area (Å²) in [6.07, 6.45) is 0. The van der Waals surface area contributed by atoms with Gasteiger partial charge in [0.15, 0.2) is 0 Å². The molecule has 4 nitrogen and oxygen atoms in total. The highest BCUT2D eigenvalue weighted by Crippen LogP contribution is 2.58. The molecule has 2 aliphatic rings. The SMILES string of the molecule is CCOC(=O)C1=C(c2ccccc2)S/C(=C2/C(=S)C(C)(C)N(C(=O)c3cccc4ccccc34)c3cc(C)ccc32)S1. The largest absolute Gasteiger partial charge is 0.462 e. The van der Waals surface area contributed by atoms with Crippen LogP contribution in [0.4, 0.5) is 5.69 Å². The molecule has 0 spiro atoms. The number of anilines is 1. The summed E-state index contributed by atoms with van der Waals surface area (Å²) in [5, 5.41) is 1.92. The molecule has 0 N–H and O–H groups in total. The normalized spacial score (nSPS) is 17.9. The Bertz CT molecular complexity index is 1830. The average Bonchev–Trinajstić information content (AvgIpc) is 3.43. The minimum absolute atomic E-state index is 0.0999. The minimum Gasteiger partial charge on any atom is -0.462 e. The number of aryl methyl sites for hydroxylation is 1. The van der Waals surface area contributed by atoms with Crippen LogP contribution in [0.3, 0.4) is 0 Å². The fraction of sp³-hybridized carbons (Fsp3) is 0.171. The van der Waals surface area contributed by atoms with Crippen molar-refractivity contribution in [2.45, 2.75) is 33.2 Å². The number of carbonyl (C=O) groups is 2. The van der Waals surface area contributed by atoms with Crippen molar-refractivity contribution in [3.8, 4) is 0 Å². The fourth-order valence-electron chi connectivity index (χ4n) is 5.48. The van der Waals surface area contributed by atoms with Gasteiger partial charge >= 0.3 is 5.97 Å². The predicted octanol–water partition coefficient (Wildman–Crippen LogP) is 9.04. The summed E-state index contributed by atoms with van der Waals surface area (Å²) in [7, 11) is 0. The smallest absolute Gasteiger partial charge is 0.346 e. The Balaban J connectivity index is 1.52. The molecule has 0 atom stereocenters. The van der Waals surface area contributed by atoms with Gasteiger partial charge in [-0.05, 0) is 61.7 Å². The van der Waals surface area contributed by atoms with Crippen molar-refractivity contribution in [2.75, 3.05) is 11.5 Å². The van der Waals surface area contributed by atoms with E-state index in [0.717, 1.165) is 47.9 Å². The molecule has 7 heteroatoms. The molecule has 0 fully saturated rings. The maximum atomic E-state index is 14.5. The Hall–Kier alpha value is -3.65. The zero-order valence-corrected chi connectivity index (χ0v) is 26.2. The Kier molecular flexibility index (Phi) is 7.60. The molecule has 2 aliphatic heterocycles. The molecule has 0 bridgehead atoms. The van der Waals surface area contributed by atoms with Gasteiger partial charge in [-0.1, -0.05) is 115 Å². The molecule has 0 radical (unpaired) electrons. The highest BCUT2D eigenvalue weighted by atomic mass is 32.2. The second-order valence-electron chi connectivity index (χ2n) is 10.7. The van der Waals surface area contributed by atoms with Crippen molar-refractivity contribution in [1.82, 2.24) is 0 Å². The topological polar surface area (TPSA) is 46.6 Å². The van der Waals surface area contributed by atoms with E-state index < -0.39 is 5.54 Å². The molecule has 0 saturated carbocycles. The number of thiocarbonyl (C=S) groups is 1. The summed E-state index contributed by atoms with van der Waals surface area (Å²) in [6.45, 7) is 8.14. The monoisotopic (exact) mass is 607 g/mol. The third-order valence-corrected chi connectivity index (χ3v) is 10.9. The van der Waals surface area contributed by atoms with Gasteiger partial charge < -0.3 is 4.74 Å². The van der Waals surface area contributed by atoms with Gasteiger partial charge in [-0.3, -0.25) is 9.69 Å². The van der Waals surface area contributed by atoms with Crippen LogP contribution in [-0.2, 0) is 9.53 Å². The lowest BCUT2D eigenvalue weighted by Crippen LogP contribution is -2.56. The zero-order chi connectivity index (χ0) is 29.6. The number of hydrogen-bond acceptors (Lipinski definition) is 6. The fourth-order valence-corrected chi connectivity index (χ4v) is 8.61. The van der Waals surface area contributed by atoms with Crippen molar-refractivity contribution in [1.29, 1.82) is 0 Å². The second kappa shape index (κ2) is 11.2. The average molecular weight is 608 g/mol. The van der Waals surface area contributed by atoms with Crippen LogP contribution in [-0.4, -0.2) is 28.9 Å². The van der Waals surface area contributed by atoms with E-state index in [-0.39, 0.29) is 11.9 Å². The number of amides is 1. The highest BCUT2D eigenvalue weighted by molar-refractivity contribution is 8.32. The Morgan fingerprint density at radius 1 is 0.905 bits per heavy atom. The van der Waals surface area contributed by atoms with E-state index in [9.17, 15) is 9.59 Å². The number of carbonyl (C=O) groups excluding carboxylic acids is 2. The molecule has 2 heterocycles. The van der Waals surface area contributed by atoms with Gasteiger partial charge in [0.25, 0.3) is 5.91 Å². The number of benzene rings is 4. The van der Waals surface area contributed by atoms with Crippen LogP contribution in [0.5, 0.6) is 0 Å². The van der Waals surface area contributed by atoms with Gasteiger partial charge in [0.05, 0.1) is 26.9 Å². The minimum atomic E-state index is -0.826. The quantitative estimate of drug-likeness (QED) is 0.131. The van der Waals surface area contributed by atoms with Crippen LogP contribution in [0.2, 0.25) is 0 Å². The van der Waals surface area contributed by atoms with Crippen molar-refractivity contribution in [3.05, 3.63) is 122 Å². The van der Waals surface area contributed by atoms with Gasteiger partial charge in [0.1, 0.15) is 4.91 Å². The van der Waals surface area contributed by atoms with Gasteiger partial charge in [0, 0.05) is 21.6 Å². The first-order valence-electron chi connectivity index (χ1n) is 13.8. The van der Waals surface area contributed by atoms with Crippen molar-refractivity contribution in [3.63, 3.8) is 0 Å². The summed E-state index contributed by atoms with van der Waals surface area (Å²) in [6, 6.07) is 29.8. The van der Waals surface area contributed by atoms with E-state index in [1.54, 1.807) is 11.8 Å². The number of hydrogen-bond donors (Lipinski definition) is 0. The first kappa shape index (κ1) is 28.5. The van der Waals surface area contributed by atoms with Crippen LogP contribution in [0, 0.1) is 6.92 Å². The van der Waals surface area contributed by atoms with Crippen LogP contribution in [0.1, 0.15) is 47.8 Å². The van der Waals surface area contributed by atoms with Crippen molar-refractivity contribution >= 4 is 79.4 Å². The zero-order valence-electron chi connectivity index (χ0n) is 23.8. The third kappa shape index (κ3) is 4.79. The number of fused-ring (bicyclic) bond motifs is 2. The summed E-state index contributed by atoms with van der Waals surface area (Å²) in [5.41, 5.74) is 4.37.